The summed E-state index contributed by atoms with van der Waals surface area (Å²) in [5.74, 6) is 0. The van der Waals surface area contributed by atoms with Gasteiger partial charge in [-0.3, -0.25) is 0 Å². The van der Waals surface area contributed by atoms with Crippen LogP contribution in [0.1, 0.15) is 18.5 Å². The number of benzene rings is 2. The fraction of sp³-hybridized carbons (Fsp3) is 0.250. The molecular weight excluding hydrogens is 220 g/mol. The van der Waals surface area contributed by atoms with Crippen molar-refractivity contribution in [3.63, 3.8) is 0 Å². The van der Waals surface area contributed by atoms with Crippen molar-refractivity contribution in [1.82, 2.24) is 5.32 Å². The first-order valence-electron chi connectivity index (χ1n) is 6.47. The van der Waals surface area contributed by atoms with E-state index in [9.17, 15) is 0 Å². The SMILES string of the molecule is CCNCC(Nc1ccccc1)c1ccccc1. The molecule has 18 heavy (non-hydrogen) atoms. The Bertz CT molecular complexity index is 439. The van der Waals surface area contributed by atoms with Crippen LogP contribution in [0.4, 0.5) is 5.69 Å². The summed E-state index contributed by atoms with van der Waals surface area (Å²) in [4.78, 5) is 0. The number of likely N-dealkylation sites (N-methyl/N-ethyl adjacent to an activating group) is 1. The summed E-state index contributed by atoms with van der Waals surface area (Å²) in [5, 5.41) is 6.97. The Labute approximate surface area is 109 Å². The van der Waals surface area contributed by atoms with Crippen LogP contribution in [0.25, 0.3) is 0 Å². The lowest BCUT2D eigenvalue weighted by molar-refractivity contribution is 0.644. The second-order valence-corrected chi connectivity index (χ2v) is 4.28. The molecule has 2 heteroatoms. The van der Waals surface area contributed by atoms with Crippen LogP contribution in [0.15, 0.2) is 60.7 Å². The van der Waals surface area contributed by atoms with Crippen LogP contribution in [0, 0.1) is 0 Å². The molecule has 0 amide bonds. The summed E-state index contributed by atoms with van der Waals surface area (Å²) in [6.07, 6.45) is 0. The molecule has 94 valence electrons. The number of anilines is 1. The van der Waals surface area contributed by atoms with Gasteiger partial charge in [0.1, 0.15) is 0 Å². The Kier molecular flexibility index (Phi) is 4.79. The van der Waals surface area contributed by atoms with Crippen molar-refractivity contribution < 1.29 is 0 Å². The highest BCUT2D eigenvalue weighted by atomic mass is 15.0. The summed E-state index contributed by atoms with van der Waals surface area (Å²) in [6.45, 7) is 4.04. The van der Waals surface area contributed by atoms with E-state index in [4.69, 9.17) is 0 Å². The summed E-state index contributed by atoms with van der Waals surface area (Å²) in [7, 11) is 0. The number of rotatable bonds is 6. The molecule has 0 bridgehead atoms. The molecule has 0 radical (unpaired) electrons. The largest absolute Gasteiger partial charge is 0.377 e. The number of para-hydroxylation sites is 1. The molecule has 0 saturated heterocycles. The quantitative estimate of drug-likeness (QED) is 0.808. The molecule has 2 aromatic rings. The van der Waals surface area contributed by atoms with Gasteiger partial charge in [-0.25, -0.2) is 0 Å². The third kappa shape index (κ3) is 3.60. The molecule has 0 aliphatic rings. The topological polar surface area (TPSA) is 24.1 Å². The van der Waals surface area contributed by atoms with Gasteiger partial charge in [0.15, 0.2) is 0 Å². The molecule has 0 aliphatic carbocycles. The van der Waals surface area contributed by atoms with Gasteiger partial charge < -0.3 is 10.6 Å². The van der Waals surface area contributed by atoms with Crippen LogP contribution in [-0.2, 0) is 0 Å². The minimum atomic E-state index is 0.300. The lowest BCUT2D eigenvalue weighted by Crippen LogP contribution is -2.26. The van der Waals surface area contributed by atoms with Crippen LogP contribution >= 0.6 is 0 Å². The van der Waals surface area contributed by atoms with Crippen LogP contribution in [0.2, 0.25) is 0 Å². The zero-order valence-electron chi connectivity index (χ0n) is 10.8. The zero-order valence-corrected chi connectivity index (χ0v) is 10.8. The second-order valence-electron chi connectivity index (χ2n) is 4.28. The molecule has 0 aliphatic heterocycles. The third-order valence-corrected chi connectivity index (χ3v) is 2.92. The van der Waals surface area contributed by atoms with Gasteiger partial charge in [-0.1, -0.05) is 55.5 Å². The molecule has 0 spiro atoms. The van der Waals surface area contributed by atoms with Gasteiger partial charge in [0.25, 0.3) is 0 Å². The molecule has 2 rings (SSSR count). The van der Waals surface area contributed by atoms with E-state index in [-0.39, 0.29) is 0 Å². The van der Waals surface area contributed by atoms with Gasteiger partial charge >= 0.3 is 0 Å². The van der Waals surface area contributed by atoms with Crippen LogP contribution < -0.4 is 10.6 Å². The maximum absolute atomic E-state index is 3.57. The van der Waals surface area contributed by atoms with Gasteiger partial charge in [-0.15, -0.1) is 0 Å². The fourth-order valence-electron chi connectivity index (χ4n) is 1.96. The predicted molar refractivity (Wildman–Crippen MR) is 77.8 cm³/mol. The summed E-state index contributed by atoms with van der Waals surface area (Å²) < 4.78 is 0. The molecular formula is C16H20N2. The Balaban J connectivity index is 2.10. The van der Waals surface area contributed by atoms with E-state index in [2.05, 4.69) is 72.2 Å². The maximum atomic E-state index is 3.57. The van der Waals surface area contributed by atoms with Gasteiger partial charge in [-0.05, 0) is 24.2 Å². The standard InChI is InChI=1S/C16H20N2/c1-2-17-13-16(14-9-5-3-6-10-14)18-15-11-7-4-8-12-15/h3-12,16-18H,2,13H2,1H3. The summed E-state index contributed by atoms with van der Waals surface area (Å²) >= 11 is 0. The van der Waals surface area contributed by atoms with E-state index in [1.807, 2.05) is 6.07 Å². The average Bonchev–Trinajstić information content (AvgIpc) is 2.45. The van der Waals surface area contributed by atoms with Gasteiger partial charge in [0.05, 0.1) is 6.04 Å². The van der Waals surface area contributed by atoms with Crippen molar-refractivity contribution in [2.45, 2.75) is 13.0 Å². The highest BCUT2D eigenvalue weighted by Crippen LogP contribution is 2.18. The molecule has 0 saturated carbocycles. The predicted octanol–water partition coefficient (Wildman–Crippen LogP) is 3.45. The highest BCUT2D eigenvalue weighted by molar-refractivity contribution is 5.45. The molecule has 0 aromatic heterocycles. The molecule has 0 fully saturated rings. The lowest BCUT2D eigenvalue weighted by Gasteiger charge is -2.20. The Hall–Kier alpha value is -1.80. The van der Waals surface area contributed by atoms with Gasteiger partial charge in [0.2, 0.25) is 0 Å². The van der Waals surface area contributed by atoms with Crippen molar-refractivity contribution in [3.05, 3.63) is 66.2 Å². The van der Waals surface area contributed by atoms with Crippen molar-refractivity contribution in [2.24, 2.45) is 0 Å². The molecule has 1 atom stereocenters. The Morgan fingerprint density at radius 3 is 2.11 bits per heavy atom. The summed E-state index contributed by atoms with van der Waals surface area (Å²) in [6, 6.07) is 21.2. The minimum absolute atomic E-state index is 0.300. The van der Waals surface area contributed by atoms with E-state index in [1.165, 1.54) is 5.56 Å². The Morgan fingerprint density at radius 1 is 0.889 bits per heavy atom. The third-order valence-electron chi connectivity index (χ3n) is 2.92. The van der Waals surface area contributed by atoms with Crippen molar-refractivity contribution in [2.75, 3.05) is 18.4 Å². The molecule has 1 unspecified atom stereocenters. The smallest absolute Gasteiger partial charge is 0.0638 e. The molecule has 2 aromatic carbocycles. The second kappa shape index (κ2) is 6.82. The average molecular weight is 240 g/mol. The van der Waals surface area contributed by atoms with E-state index in [1.54, 1.807) is 0 Å². The van der Waals surface area contributed by atoms with Crippen LogP contribution in [-0.4, -0.2) is 13.1 Å². The fourth-order valence-corrected chi connectivity index (χ4v) is 1.96. The Morgan fingerprint density at radius 2 is 1.50 bits per heavy atom. The monoisotopic (exact) mass is 240 g/mol. The van der Waals surface area contributed by atoms with Gasteiger partial charge in [-0.2, -0.15) is 0 Å². The number of hydrogen-bond donors (Lipinski definition) is 2. The van der Waals surface area contributed by atoms with E-state index in [0.717, 1.165) is 18.8 Å². The zero-order chi connectivity index (χ0) is 12.6. The summed E-state index contributed by atoms with van der Waals surface area (Å²) in [5.41, 5.74) is 2.46. The van der Waals surface area contributed by atoms with Crippen LogP contribution in [0.3, 0.4) is 0 Å². The minimum Gasteiger partial charge on any atom is -0.377 e. The maximum Gasteiger partial charge on any atom is 0.0638 e. The first kappa shape index (κ1) is 12.7. The highest BCUT2D eigenvalue weighted by Gasteiger charge is 2.09. The molecule has 2 N–H and O–H groups in total. The van der Waals surface area contributed by atoms with Crippen molar-refractivity contribution in [3.8, 4) is 0 Å². The van der Waals surface area contributed by atoms with E-state index < -0.39 is 0 Å². The van der Waals surface area contributed by atoms with E-state index in [0.29, 0.717) is 6.04 Å². The van der Waals surface area contributed by atoms with Crippen LogP contribution in [0.5, 0.6) is 0 Å². The normalized spacial score (nSPS) is 12.1. The van der Waals surface area contributed by atoms with Crippen molar-refractivity contribution in [1.29, 1.82) is 0 Å². The number of hydrogen-bond acceptors (Lipinski definition) is 2. The van der Waals surface area contributed by atoms with Crippen molar-refractivity contribution >= 4 is 5.69 Å². The molecule has 2 nitrogen and oxygen atoms in total. The first-order chi connectivity index (χ1) is 8.90. The van der Waals surface area contributed by atoms with Gasteiger partial charge in [0, 0.05) is 12.2 Å². The molecule has 0 heterocycles. The lowest BCUT2D eigenvalue weighted by atomic mass is 10.1. The number of nitrogens with one attached hydrogen (secondary N) is 2. The first-order valence-corrected chi connectivity index (χ1v) is 6.47. The van der Waals surface area contributed by atoms with E-state index >= 15 is 0 Å².